The van der Waals surface area contributed by atoms with Crippen molar-refractivity contribution in [1.82, 2.24) is 4.90 Å². The van der Waals surface area contributed by atoms with Crippen molar-refractivity contribution < 1.29 is 18.0 Å². The Morgan fingerprint density at radius 3 is 2.27 bits per heavy atom. The predicted octanol–water partition coefficient (Wildman–Crippen LogP) is 6.03. The molecule has 0 saturated carbocycles. The van der Waals surface area contributed by atoms with Crippen molar-refractivity contribution in [3.05, 3.63) is 87.9 Å². The highest BCUT2D eigenvalue weighted by Gasteiger charge is 2.23. The molecule has 1 heterocycles. The fraction of sp³-hybridized carbons (Fsp3) is 0.286. The number of para-hydroxylation sites is 1. The molecule has 3 aromatic carbocycles. The van der Waals surface area contributed by atoms with Crippen LogP contribution in [0.3, 0.4) is 0 Å². The summed E-state index contributed by atoms with van der Waals surface area (Å²) in [5, 5.41) is 2.77. The number of aryl methyl sites for hydroxylation is 1. The lowest BCUT2D eigenvalue weighted by Gasteiger charge is -2.22. The van der Waals surface area contributed by atoms with Crippen LogP contribution in [-0.2, 0) is 10.0 Å². The number of halogens is 1. The van der Waals surface area contributed by atoms with Gasteiger partial charge in [-0.2, -0.15) is 0 Å². The average molecular weight is 540 g/mol. The minimum Gasteiger partial charge on any atom is -0.339 e. The van der Waals surface area contributed by atoms with E-state index in [-0.39, 0.29) is 21.4 Å². The molecule has 4 rings (SSSR count). The normalized spacial score (nSPS) is 14.1. The maximum absolute atomic E-state index is 13.2. The fourth-order valence-corrected chi connectivity index (χ4v) is 5.98. The van der Waals surface area contributed by atoms with Crippen molar-refractivity contribution >= 4 is 44.8 Å². The Morgan fingerprint density at radius 2 is 1.54 bits per heavy atom. The first-order valence-electron chi connectivity index (χ1n) is 12.3. The van der Waals surface area contributed by atoms with E-state index in [1.54, 1.807) is 36.4 Å². The largest absolute Gasteiger partial charge is 0.339 e. The number of carbonyl (C=O) groups is 2. The van der Waals surface area contributed by atoms with Gasteiger partial charge < -0.3 is 10.2 Å². The molecular weight excluding hydrogens is 510 g/mol. The van der Waals surface area contributed by atoms with E-state index in [2.05, 4.69) is 10.0 Å². The summed E-state index contributed by atoms with van der Waals surface area (Å²) in [7, 11) is -4.07. The molecule has 9 heteroatoms. The van der Waals surface area contributed by atoms with Crippen molar-refractivity contribution in [2.75, 3.05) is 23.1 Å². The number of benzene rings is 3. The third-order valence-corrected chi connectivity index (χ3v) is 8.48. The molecule has 2 amide bonds. The molecule has 1 fully saturated rings. The predicted molar refractivity (Wildman–Crippen MR) is 147 cm³/mol. The molecule has 0 bridgehead atoms. The van der Waals surface area contributed by atoms with Crippen LogP contribution >= 0.6 is 11.6 Å². The first kappa shape index (κ1) is 26.7. The molecule has 0 spiro atoms. The van der Waals surface area contributed by atoms with Crippen LogP contribution in [-0.4, -0.2) is 38.2 Å². The molecule has 0 atom stereocenters. The summed E-state index contributed by atoms with van der Waals surface area (Å²) < 4.78 is 28.9. The summed E-state index contributed by atoms with van der Waals surface area (Å²) >= 11 is 6.25. The zero-order valence-electron chi connectivity index (χ0n) is 20.9. The van der Waals surface area contributed by atoms with Gasteiger partial charge >= 0.3 is 0 Å². The van der Waals surface area contributed by atoms with E-state index in [0.717, 1.165) is 36.8 Å². The molecule has 0 radical (unpaired) electrons. The van der Waals surface area contributed by atoms with Crippen LogP contribution in [0.15, 0.2) is 65.6 Å². The lowest BCUT2D eigenvalue weighted by molar-refractivity contribution is 0.0762. The molecule has 1 aliphatic heterocycles. The number of hydrogen-bond acceptors (Lipinski definition) is 4. The number of carbonyl (C=O) groups excluding carboxylic acids is 2. The summed E-state index contributed by atoms with van der Waals surface area (Å²) in [6.07, 6.45) is 4.11. The highest BCUT2D eigenvalue weighted by atomic mass is 35.5. The number of sulfonamides is 1. The highest BCUT2D eigenvalue weighted by Crippen LogP contribution is 2.28. The van der Waals surface area contributed by atoms with Gasteiger partial charge in [0.2, 0.25) is 0 Å². The van der Waals surface area contributed by atoms with Gasteiger partial charge in [0.15, 0.2) is 0 Å². The van der Waals surface area contributed by atoms with E-state index in [9.17, 15) is 18.0 Å². The summed E-state index contributed by atoms with van der Waals surface area (Å²) in [5.41, 5.74) is 3.04. The molecule has 37 heavy (non-hydrogen) atoms. The Kier molecular flexibility index (Phi) is 8.19. The number of nitrogens with zero attached hydrogens (tertiary/aromatic N) is 1. The molecule has 2 N–H and O–H groups in total. The summed E-state index contributed by atoms with van der Waals surface area (Å²) in [6.45, 7) is 5.09. The second-order valence-corrected chi connectivity index (χ2v) is 11.3. The van der Waals surface area contributed by atoms with Crippen LogP contribution in [0.1, 0.15) is 57.5 Å². The molecule has 1 saturated heterocycles. The van der Waals surface area contributed by atoms with Crippen LogP contribution in [0.5, 0.6) is 0 Å². The Morgan fingerprint density at radius 1 is 0.865 bits per heavy atom. The van der Waals surface area contributed by atoms with E-state index in [0.29, 0.717) is 30.0 Å². The molecule has 1 aliphatic rings. The van der Waals surface area contributed by atoms with Gasteiger partial charge in [0.25, 0.3) is 21.8 Å². The molecular formula is C28H30ClN3O4S. The van der Waals surface area contributed by atoms with Gasteiger partial charge in [-0.15, -0.1) is 0 Å². The maximum atomic E-state index is 13.2. The van der Waals surface area contributed by atoms with E-state index >= 15 is 0 Å². The van der Waals surface area contributed by atoms with Crippen molar-refractivity contribution in [1.29, 1.82) is 0 Å². The molecule has 3 aromatic rings. The van der Waals surface area contributed by atoms with Crippen LogP contribution in [0.2, 0.25) is 5.02 Å². The van der Waals surface area contributed by atoms with Gasteiger partial charge in [-0.3, -0.25) is 14.3 Å². The number of amides is 2. The number of rotatable bonds is 6. The van der Waals surface area contributed by atoms with E-state index in [1.807, 2.05) is 24.8 Å². The first-order valence-corrected chi connectivity index (χ1v) is 14.1. The highest BCUT2D eigenvalue weighted by molar-refractivity contribution is 7.92. The van der Waals surface area contributed by atoms with Crippen LogP contribution in [0, 0.1) is 13.8 Å². The Labute approximate surface area is 222 Å². The Bertz CT molecular complexity index is 1430. The topological polar surface area (TPSA) is 95.6 Å². The van der Waals surface area contributed by atoms with Gasteiger partial charge in [0, 0.05) is 18.7 Å². The minimum atomic E-state index is -4.07. The van der Waals surface area contributed by atoms with Crippen molar-refractivity contribution in [3.8, 4) is 0 Å². The number of nitrogens with one attached hydrogen (secondary N) is 2. The van der Waals surface area contributed by atoms with Crippen LogP contribution in [0.4, 0.5) is 11.4 Å². The van der Waals surface area contributed by atoms with Crippen molar-refractivity contribution in [2.45, 2.75) is 44.4 Å². The third kappa shape index (κ3) is 6.14. The molecule has 0 aliphatic carbocycles. The zero-order valence-corrected chi connectivity index (χ0v) is 22.5. The smallest absolute Gasteiger partial charge is 0.263 e. The lowest BCUT2D eigenvalue weighted by atomic mass is 10.1. The second-order valence-electron chi connectivity index (χ2n) is 9.20. The number of likely N-dealkylation sites (tertiary alicyclic amines) is 1. The average Bonchev–Trinajstić information content (AvgIpc) is 3.16. The lowest BCUT2D eigenvalue weighted by Crippen LogP contribution is -2.32. The zero-order chi connectivity index (χ0) is 26.6. The monoisotopic (exact) mass is 539 g/mol. The second kappa shape index (κ2) is 11.4. The summed E-state index contributed by atoms with van der Waals surface area (Å²) in [4.78, 5) is 28.0. The summed E-state index contributed by atoms with van der Waals surface area (Å²) in [5.74, 6) is -0.675. The fourth-order valence-electron chi connectivity index (χ4n) is 4.33. The molecule has 194 valence electrons. The first-order chi connectivity index (χ1) is 17.7. The number of hydrogen-bond donors (Lipinski definition) is 2. The third-order valence-electron chi connectivity index (χ3n) is 6.63. The van der Waals surface area contributed by atoms with Gasteiger partial charge in [-0.25, -0.2) is 8.42 Å². The SMILES string of the molecule is Cc1cccc(NS(=O)(=O)c2cc(C(=O)Nc3ccccc3C(=O)N3CCCCCC3)ccc2Cl)c1C. The van der Waals surface area contributed by atoms with Gasteiger partial charge in [0.05, 0.1) is 22.0 Å². The standard InChI is InChI=1S/C28H30ClN3O4S/c1-19-10-9-13-24(20(19)2)31-37(35,36)26-18-21(14-15-23(26)29)27(33)30-25-12-6-5-11-22(25)28(34)32-16-7-3-4-8-17-32/h5-6,9-15,18,31H,3-4,7-8,16-17H2,1-2H3,(H,30,33). The molecule has 0 aromatic heterocycles. The van der Waals surface area contributed by atoms with E-state index < -0.39 is 15.9 Å². The number of anilines is 2. The van der Waals surface area contributed by atoms with Crippen LogP contribution < -0.4 is 10.0 Å². The van der Waals surface area contributed by atoms with Gasteiger partial charge in [-0.05, 0) is 74.2 Å². The van der Waals surface area contributed by atoms with E-state index in [1.165, 1.54) is 18.2 Å². The maximum Gasteiger partial charge on any atom is 0.263 e. The molecule has 7 nitrogen and oxygen atoms in total. The van der Waals surface area contributed by atoms with Crippen molar-refractivity contribution in [2.24, 2.45) is 0 Å². The Hall–Kier alpha value is -3.36. The molecule has 0 unspecified atom stereocenters. The van der Waals surface area contributed by atoms with Gasteiger partial charge in [0.1, 0.15) is 4.90 Å². The van der Waals surface area contributed by atoms with Crippen LogP contribution in [0.25, 0.3) is 0 Å². The van der Waals surface area contributed by atoms with Gasteiger partial charge in [-0.1, -0.05) is 48.7 Å². The Balaban J connectivity index is 1.58. The minimum absolute atomic E-state index is 0.00824. The quantitative estimate of drug-likeness (QED) is 0.400. The summed E-state index contributed by atoms with van der Waals surface area (Å²) in [6, 6.07) is 16.2. The van der Waals surface area contributed by atoms with Crippen molar-refractivity contribution in [3.63, 3.8) is 0 Å². The van der Waals surface area contributed by atoms with E-state index in [4.69, 9.17) is 11.6 Å².